The van der Waals surface area contributed by atoms with E-state index >= 15 is 0 Å². The summed E-state index contributed by atoms with van der Waals surface area (Å²) in [6.45, 7) is 4.34. The molecule has 1 aromatic heterocycles. The van der Waals surface area contributed by atoms with E-state index in [9.17, 15) is 8.42 Å². The van der Waals surface area contributed by atoms with E-state index in [2.05, 4.69) is 5.10 Å². The second-order valence-corrected chi connectivity index (χ2v) is 6.62. The summed E-state index contributed by atoms with van der Waals surface area (Å²) in [5.41, 5.74) is 5.62. The molecular weight excluding hydrogens is 266 g/mol. The molecule has 2 N–H and O–H groups in total. The summed E-state index contributed by atoms with van der Waals surface area (Å²) in [7, 11) is -2.10. The Labute approximate surface area is 113 Å². The van der Waals surface area contributed by atoms with Gasteiger partial charge in [-0.1, -0.05) is 13.8 Å². The van der Waals surface area contributed by atoms with Crippen molar-refractivity contribution >= 4 is 15.8 Å². The third kappa shape index (κ3) is 3.68. The van der Waals surface area contributed by atoms with Crippen LogP contribution in [0.2, 0.25) is 0 Å². The number of sulfonamides is 1. The van der Waals surface area contributed by atoms with Crippen LogP contribution in [0.5, 0.6) is 0 Å². The first kappa shape index (κ1) is 15.5. The van der Waals surface area contributed by atoms with Gasteiger partial charge in [0.05, 0.1) is 6.07 Å². The molecule has 0 aliphatic heterocycles. The van der Waals surface area contributed by atoms with Crippen LogP contribution in [-0.4, -0.2) is 35.6 Å². The first-order chi connectivity index (χ1) is 8.78. The molecule has 106 valence electrons. The van der Waals surface area contributed by atoms with Crippen molar-refractivity contribution in [3.63, 3.8) is 0 Å². The largest absolute Gasteiger partial charge is 0.381 e. The first-order valence-corrected chi connectivity index (χ1v) is 7.39. The minimum atomic E-state index is -3.70. The fourth-order valence-electron chi connectivity index (χ4n) is 1.71. The Bertz CT molecular complexity index is 570. The third-order valence-corrected chi connectivity index (χ3v) is 4.36. The number of aryl methyl sites for hydroxylation is 1. The van der Waals surface area contributed by atoms with Gasteiger partial charge in [0.15, 0.2) is 5.82 Å². The summed E-state index contributed by atoms with van der Waals surface area (Å²) in [5.74, 6) is 0.138. The number of nitriles is 1. The molecule has 0 atom stereocenters. The molecule has 0 fully saturated rings. The van der Waals surface area contributed by atoms with Gasteiger partial charge >= 0.3 is 0 Å². The van der Waals surface area contributed by atoms with Gasteiger partial charge in [-0.15, -0.1) is 0 Å². The van der Waals surface area contributed by atoms with Crippen LogP contribution in [0, 0.1) is 17.2 Å². The van der Waals surface area contributed by atoms with Crippen LogP contribution in [0.25, 0.3) is 0 Å². The maximum atomic E-state index is 12.5. The van der Waals surface area contributed by atoms with Gasteiger partial charge in [0.1, 0.15) is 4.90 Å². The van der Waals surface area contributed by atoms with Crippen molar-refractivity contribution < 1.29 is 8.42 Å². The molecule has 1 rings (SSSR count). The Morgan fingerprint density at radius 2 is 2.21 bits per heavy atom. The van der Waals surface area contributed by atoms with Gasteiger partial charge in [-0.3, -0.25) is 4.68 Å². The summed E-state index contributed by atoms with van der Waals surface area (Å²) in [6.07, 6.45) is 1.52. The van der Waals surface area contributed by atoms with E-state index in [0.717, 1.165) is 0 Å². The Balaban J connectivity index is 3.12. The van der Waals surface area contributed by atoms with Crippen LogP contribution >= 0.6 is 0 Å². The van der Waals surface area contributed by atoms with Crippen LogP contribution in [0.4, 0.5) is 5.82 Å². The number of nitrogens with two attached hydrogens (primary N) is 1. The molecule has 0 saturated heterocycles. The fraction of sp³-hybridized carbons (Fsp3) is 0.636. The number of nitrogens with zero attached hydrogens (tertiary/aromatic N) is 4. The molecule has 0 amide bonds. The molecule has 0 saturated carbocycles. The van der Waals surface area contributed by atoms with Gasteiger partial charge in [-0.2, -0.15) is 14.7 Å². The van der Waals surface area contributed by atoms with Crippen LogP contribution in [0.15, 0.2) is 11.1 Å². The number of aromatic nitrogens is 2. The predicted molar refractivity (Wildman–Crippen MR) is 71.4 cm³/mol. The van der Waals surface area contributed by atoms with E-state index in [1.807, 2.05) is 19.9 Å². The van der Waals surface area contributed by atoms with Crippen molar-refractivity contribution in [3.8, 4) is 6.07 Å². The molecule has 0 unspecified atom stereocenters. The predicted octanol–water partition coefficient (Wildman–Crippen LogP) is 0.563. The van der Waals surface area contributed by atoms with Gasteiger partial charge in [-0.05, 0) is 5.92 Å². The second kappa shape index (κ2) is 6.04. The molecule has 0 aliphatic carbocycles. The Morgan fingerprint density at radius 3 is 2.63 bits per heavy atom. The van der Waals surface area contributed by atoms with E-state index in [0.29, 0.717) is 6.54 Å². The van der Waals surface area contributed by atoms with Crippen molar-refractivity contribution in [1.82, 2.24) is 14.1 Å². The van der Waals surface area contributed by atoms with E-state index < -0.39 is 10.0 Å². The van der Waals surface area contributed by atoms with Gasteiger partial charge in [0, 0.05) is 32.8 Å². The molecule has 0 spiro atoms. The van der Waals surface area contributed by atoms with Crippen LogP contribution < -0.4 is 5.73 Å². The maximum absolute atomic E-state index is 12.5. The quantitative estimate of drug-likeness (QED) is 0.822. The lowest BCUT2D eigenvalue weighted by molar-refractivity contribution is 0.373. The zero-order valence-electron chi connectivity index (χ0n) is 11.4. The number of hydrogen-bond acceptors (Lipinski definition) is 5. The lowest BCUT2D eigenvalue weighted by atomic mass is 10.2. The summed E-state index contributed by atoms with van der Waals surface area (Å²) in [4.78, 5) is -0.00594. The van der Waals surface area contributed by atoms with Gasteiger partial charge < -0.3 is 5.73 Å². The zero-order valence-corrected chi connectivity index (χ0v) is 12.2. The topological polar surface area (TPSA) is 105 Å². The number of rotatable bonds is 6. The molecule has 0 radical (unpaired) electrons. The summed E-state index contributed by atoms with van der Waals surface area (Å²) in [6, 6.07) is 1.96. The molecule has 8 heteroatoms. The van der Waals surface area contributed by atoms with Crippen molar-refractivity contribution in [2.24, 2.45) is 13.0 Å². The van der Waals surface area contributed by atoms with Crippen molar-refractivity contribution in [2.75, 3.05) is 18.8 Å². The molecule has 1 heterocycles. The molecule has 7 nitrogen and oxygen atoms in total. The third-order valence-electron chi connectivity index (χ3n) is 2.48. The number of hydrogen-bond donors (Lipinski definition) is 1. The van der Waals surface area contributed by atoms with E-state index in [1.54, 1.807) is 7.05 Å². The van der Waals surface area contributed by atoms with E-state index in [-0.39, 0.29) is 29.6 Å². The normalized spacial score (nSPS) is 12.0. The molecular formula is C11H19N5O2S. The van der Waals surface area contributed by atoms with Crippen LogP contribution in [-0.2, 0) is 17.1 Å². The lowest BCUT2D eigenvalue weighted by Crippen LogP contribution is -2.35. The number of nitrogen functional groups attached to an aromatic ring is 1. The Hall–Kier alpha value is -1.59. The van der Waals surface area contributed by atoms with Gasteiger partial charge in [-0.25, -0.2) is 8.42 Å². The smallest absolute Gasteiger partial charge is 0.248 e. The zero-order chi connectivity index (χ0) is 14.6. The molecule has 0 aliphatic rings. The van der Waals surface area contributed by atoms with Crippen LogP contribution in [0.1, 0.15) is 20.3 Å². The Kier molecular flexibility index (Phi) is 4.91. The standard InChI is InChI=1S/C11H19N5O2S/c1-9(2)7-16(6-4-5-12)19(17,18)10-8-15(3)14-11(10)13/h8-9H,4,6-7H2,1-3H3,(H2,13,14). The number of anilines is 1. The monoisotopic (exact) mass is 285 g/mol. The van der Waals surface area contributed by atoms with Crippen molar-refractivity contribution in [2.45, 2.75) is 25.2 Å². The highest BCUT2D eigenvalue weighted by Crippen LogP contribution is 2.21. The highest BCUT2D eigenvalue weighted by molar-refractivity contribution is 7.89. The van der Waals surface area contributed by atoms with E-state index in [1.165, 1.54) is 15.2 Å². The fourth-order valence-corrected chi connectivity index (χ4v) is 3.41. The minimum absolute atomic E-state index is 0.00594. The lowest BCUT2D eigenvalue weighted by Gasteiger charge is -2.22. The SMILES string of the molecule is CC(C)CN(CCC#N)S(=O)(=O)c1cn(C)nc1N. The molecule has 19 heavy (non-hydrogen) atoms. The van der Waals surface area contributed by atoms with Crippen molar-refractivity contribution in [1.29, 1.82) is 5.26 Å². The van der Waals surface area contributed by atoms with Gasteiger partial charge in [0.2, 0.25) is 10.0 Å². The van der Waals surface area contributed by atoms with Crippen LogP contribution in [0.3, 0.4) is 0 Å². The molecule has 0 bridgehead atoms. The summed E-state index contributed by atoms with van der Waals surface area (Å²) < 4.78 is 27.6. The van der Waals surface area contributed by atoms with E-state index in [4.69, 9.17) is 11.0 Å². The average Bonchev–Trinajstić information content (AvgIpc) is 2.63. The Morgan fingerprint density at radius 1 is 1.58 bits per heavy atom. The highest BCUT2D eigenvalue weighted by Gasteiger charge is 2.28. The highest BCUT2D eigenvalue weighted by atomic mass is 32.2. The second-order valence-electron chi connectivity index (χ2n) is 4.72. The molecule has 1 aromatic rings. The average molecular weight is 285 g/mol. The minimum Gasteiger partial charge on any atom is -0.381 e. The summed E-state index contributed by atoms with van der Waals surface area (Å²) in [5, 5.41) is 12.5. The summed E-state index contributed by atoms with van der Waals surface area (Å²) >= 11 is 0. The molecule has 0 aromatic carbocycles. The first-order valence-electron chi connectivity index (χ1n) is 5.95. The van der Waals surface area contributed by atoms with Crippen molar-refractivity contribution in [3.05, 3.63) is 6.20 Å². The van der Waals surface area contributed by atoms with Gasteiger partial charge in [0.25, 0.3) is 0 Å². The maximum Gasteiger partial charge on any atom is 0.248 e.